The number of benzene rings is 2. The molecule has 2 heterocycles. The molecule has 0 spiro atoms. The average molecular weight is 270 g/mol. The fourth-order valence-electron chi connectivity index (χ4n) is 1.93. The second-order valence-electron chi connectivity index (χ2n) is 3.97. The molecule has 0 aliphatic heterocycles. The van der Waals surface area contributed by atoms with Gasteiger partial charge in [-0.1, -0.05) is 24.3 Å². The van der Waals surface area contributed by atoms with Crippen molar-refractivity contribution in [2.45, 2.75) is 0 Å². The van der Waals surface area contributed by atoms with Gasteiger partial charge in [-0.3, -0.25) is 0 Å². The highest BCUT2D eigenvalue weighted by Gasteiger charge is 2.12. The van der Waals surface area contributed by atoms with Crippen LogP contribution in [0.1, 0.15) is 0 Å². The summed E-state index contributed by atoms with van der Waals surface area (Å²) in [6.07, 6.45) is 0. The van der Waals surface area contributed by atoms with Crippen molar-refractivity contribution in [3.05, 3.63) is 48.5 Å². The zero-order valence-electron chi connectivity index (χ0n) is 9.33. The Bertz CT molecular complexity index is 707. The topological polar surface area (TPSA) is 26.3 Å². The predicted molar refractivity (Wildman–Crippen MR) is 76.4 cm³/mol. The Kier molecular flexibility index (Phi) is 2.26. The number of rotatable bonds is 1. The largest absolute Gasteiger partial charge is 0.447 e. The molecule has 0 unspecified atom stereocenters. The molecule has 0 atom stereocenters. The normalized spacial score (nSPS) is 12.2. The summed E-state index contributed by atoms with van der Waals surface area (Å²) < 4.78 is 11.7. The molecule has 0 bridgehead atoms. The molecular weight excluding hydrogens is 262 g/mol. The van der Waals surface area contributed by atoms with Crippen LogP contribution in [0.5, 0.6) is 0 Å². The van der Waals surface area contributed by atoms with E-state index in [4.69, 9.17) is 8.83 Å². The van der Waals surface area contributed by atoms with E-state index >= 15 is 0 Å². The quantitative estimate of drug-likeness (QED) is 0.423. The lowest BCUT2D eigenvalue weighted by Crippen LogP contribution is -1.59. The summed E-state index contributed by atoms with van der Waals surface area (Å²) in [6.45, 7) is 0. The zero-order chi connectivity index (χ0) is 11.9. The first-order valence-corrected chi connectivity index (χ1v) is 7.40. The number of fused-ring (bicyclic) bond motifs is 2. The third-order valence-electron chi connectivity index (χ3n) is 2.77. The van der Waals surface area contributed by atoms with Gasteiger partial charge in [-0.2, -0.15) is 0 Å². The van der Waals surface area contributed by atoms with Crippen LogP contribution in [-0.4, -0.2) is 0 Å². The molecular formula is C14H8O2P2. The summed E-state index contributed by atoms with van der Waals surface area (Å²) in [5.41, 5.74) is 3.70. The molecule has 0 amide bonds. The Morgan fingerprint density at radius 1 is 0.611 bits per heavy atom. The van der Waals surface area contributed by atoms with Crippen molar-refractivity contribution >= 4 is 37.8 Å². The van der Waals surface area contributed by atoms with Crippen molar-refractivity contribution in [3.8, 4) is 11.0 Å². The van der Waals surface area contributed by atoms with Crippen molar-refractivity contribution in [3.63, 3.8) is 0 Å². The van der Waals surface area contributed by atoms with Gasteiger partial charge in [0.1, 0.15) is 11.2 Å². The molecule has 2 nitrogen and oxygen atoms in total. The highest BCUT2D eigenvalue weighted by molar-refractivity contribution is 7.45. The molecule has 0 aliphatic carbocycles. The molecule has 0 saturated heterocycles. The Morgan fingerprint density at radius 3 is 1.50 bits per heavy atom. The van der Waals surface area contributed by atoms with Crippen LogP contribution in [0, 0.1) is 0 Å². The monoisotopic (exact) mass is 270 g/mol. The lowest BCUT2D eigenvalue weighted by Gasteiger charge is -1.86. The number of para-hydroxylation sites is 2. The highest BCUT2D eigenvalue weighted by atomic mass is 31.0. The molecule has 4 rings (SSSR count). The summed E-state index contributed by atoms with van der Waals surface area (Å²) in [4.78, 5) is 0. The SMILES string of the molecule is c1ccc2pc(-c3oc4ccccc4p3)oc2c1. The number of hydrogen-bond acceptors (Lipinski definition) is 2. The Balaban J connectivity index is 1.95. The van der Waals surface area contributed by atoms with Crippen molar-refractivity contribution in [2.24, 2.45) is 0 Å². The van der Waals surface area contributed by atoms with E-state index in [0.717, 1.165) is 38.5 Å². The molecule has 0 aliphatic rings. The molecule has 18 heavy (non-hydrogen) atoms. The van der Waals surface area contributed by atoms with Gasteiger partial charge in [0.15, 0.2) is 0 Å². The van der Waals surface area contributed by atoms with Gasteiger partial charge in [0, 0.05) is 10.2 Å². The first-order valence-electron chi connectivity index (χ1n) is 5.62. The van der Waals surface area contributed by atoms with Gasteiger partial charge < -0.3 is 8.83 Å². The van der Waals surface area contributed by atoms with Gasteiger partial charge in [0.25, 0.3) is 0 Å². The molecule has 4 heteroatoms. The lowest BCUT2D eigenvalue weighted by molar-refractivity contribution is 0.582. The molecule has 86 valence electrons. The average Bonchev–Trinajstić information content (AvgIpc) is 3.02. The highest BCUT2D eigenvalue weighted by Crippen LogP contribution is 2.44. The minimum Gasteiger partial charge on any atom is -0.447 e. The van der Waals surface area contributed by atoms with Crippen LogP contribution in [0.4, 0.5) is 0 Å². The van der Waals surface area contributed by atoms with Crippen molar-refractivity contribution in [1.29, 1.82) is 0 Å². The lowest BCUT2D eigenvalue weighted by atomic mass is 10.3. The van der Waals surface area contributed by atoms with Gasteiger partial charge in [0.05, 0.1) is 0 Å². The second-order valence-corrected chi connectivity index (χ2v) is 6.20. The summed E-state index contributed by atoms with van der Waals surface area (Å²) in [6, 6.07) is 16.2. The Labute approximate surface area is 106 Å². The van der Waals surface area contributed by atoms with E-state index in [2.05, 4.69) is 12.1 Å². The van der Waals surface area contributed by atoms with Crippen LogP contribution in [0.25, 0.3) is 32.4 Å². The van der Waals surface area contributed by atoms with Gasteiger partial charge in [-0.05, 0) is 40.7 Å². The molecule has 2 aromatic carbocycles. The molecule has 0 fully saturated rings. The van der Waals surface area contributed by atoms with E-state index in [9.17, 15) is 0 Å². The minimum absolute atomic E-state index is 0.911. The summed E-state index contributed by atoms with van der Waals surface area (Å²) in [5, 5.41) is 2.41. The minimum atomic E-state index is 0.911. The summed E-state index contributed by atoms with van der Waals surface area (Å²) in [7, 11) is 2.19. The first kappa shape index (κ1) is 10.3. The Hall–Kier alpha value is -1.62. The van der Waals surface area contributed by atoms with E-state index in [-0.39, 0.29) is 0 Å². The third kappa shape index (κ3) is 1.58. The van der Waals surface area contributed by atoms with Crippen LogP contribution in [-0.2, 0) is 0 Å². The molecule has 4 aromatic rings. The smallest absolute Gasteiger partial charge is 0.201 e. The van der Waals surface area contributed by atoms with Crippen LogP contribution in [0.3, 0.4) is 0 Å². The van der Waals surface area contributed by atoms with Crippen LogP contribution in [0.15, 0.2) is 57.4 Å². The first-order chi connectivity index (χ1) is 8.90. The molecule has 0 N–H and O–H groups in total. The molecule has 2 aromatic heterocycles. The van der Waals surface area contributed by atoms with Crippen LogP contribution < -0.4 is 0 Å². The predicted octanol–water partition coefficient (Wildman–Crippen LogP) is 6.01. The fourth-order valence-corrected chi connectivity index (χ4v) is 4.02. The van der Waals surface area contributed by atoms with E-state index in [0.29, 0.717) is 0 Å². The van der Waals surface area contributed by atoms with Crippen LogP contribution in [0.2, 0.25) is 0 Å². The van der Waals surface area contributed by atoms with Crippen LogP contribution >= 0.6 is 16.4 Å². The molecule has 0 radical (unpaired) electrons. The van der Waals surface area contributed by atoms with Gasteiger partial charge in [-0.25, -0.2) is 0 Å². The summed E-state index contributed by atoms with van der Waals surface area (Å²) in [5.74, 6) is 0. The standard InChI is InChI=1S/C14H8O2P2/c1-3-7-11-9(5-1)15-13(17-11)14-16-10-6-2-4-8-12(10)18-14/h1-8H. The van der Waals surface area contributed by atoms with Gasteiger partial charge in [-0.15, -0.1) is 0 Å². The zero-order valence-corrected chi connectivity index (χ0v) is 11.1. The Morgan fingerprint density at radius 2 is 1.06 bits per heavy atom. The summed E-state index contributed by atoms with van der Waals surface area (Å²) >= 11 is 0. The maximum atomic E-state index is 5.86. The third-order valence-corrected chi connectivity index (χ3v) is 5.16. The van der Waals surface area contributed by atoms with Crippen molar-refractivity contribution in [1.82, 2.24) is 0 Å². The van der Waals surface area contributed by atoms with Crippen molar-refractivity contribution in [2.75, 3.05) is 0 Å². The maximum absolute atomic E-state index is 5.86. The van der Waals surface area contributed by atoms with Gasteiger partial charge in [0.2, 0.25) is 11.0 Å². The maximum Gasteiger partial charge on any atom is 0.201 e. The van der Waals surface area contributed by atoms with Crippen molar-refractivity contribution < 1.29 is 8.83 Å². The number of hydrogen-bond donors (Lipinski definition) is 0. The molecule has 0 saturated carbocycles. The van der Waals surface area contributed by atoms with E-state index in [1.165, 1.54) is 10.2 Å². The van der Waals surface area contributed by atoms with E-state index < -0.39 is 0 Å². The van der Waals surface area contributed by atoms with E-state index in [1.807, 2.05) is 36.4 Å². The van der Waals surface area contributed by atoms with Gasteiger partial charge >= 0.3 is 0 Å². The van der Waals surface area contributed by atoms with E-state index in [1.54, 1.807) is 0 Å². The second kappa shape index (κ2) is 3.95. The fraction of sp³-hybridized carbons (Fsp3) is 0.